The van der Waals surface area contributed by atoms with Crippen LogP contribution in [0.5, 0.6) is 0 Å². The van der Waals surface area contributed by atoms with Gasteiger partial charge in [0, 0.05) is 23.4 Å². The lowest BCUT2D eigenvalue weighted by Gasteiger charge is -2.43. The molecule has 0 spiro atoms. The molecule has 2 aliphatic heterocycles. The van der Waals surface area contributed by atoms with Crippen molar-refractivity contribution in [3.63, 3.8) is 0 Å². The van der Waals surface area contributed by atoms with Gasteiger partial charge in [0.1, 0.15) is 0 Å². The molecule has 88 valence electrons. The van der Waals surface area contributed by atoms with Gasteiger partial charge in [-0.25, -0.2) is 0 Å². The molecule has 15 heavy (non-hydrogen) atoms. The van der Waals surface area contributed by atoms with Gasteiger partial charge < -0.3 is 5.73 Å². The molecule has 2 nitrogen and oxygen atoms in total. The van der Waals surface area contributed by atoms with Gasteiger partial charge in [-0.2, -0.15) is 11.8 Å². The molecule has 2 fully saturated rings. The topological polar surface area (TPSA) is 29.3 Å². The molecule has 0 bridgehead atoms. The largest absolute Gasteiger partial charge is 0.327 e. The Morgan fingerprint density at radius 1 is 1.33 bits per heavy atom. The zero-order valence-corrected chi connectivity index (χ0v) is 10.8. The number of rotatable bonds is 2. The van der Waals surface area contributed by atoms with Gasteiger partial charge in [0.2, 0.25) is 0 Å². The van der Waals surface area contributed by atoms with Crippen LogP contribution in [0.2, 0.25) is 0 Å². The van der Waals surface area contributed by atoms with E-state index in [-0.39, 0.29) is 0 Å². The second-order valence-corrected chi connectivity index (χ2v) is 6.58. The molecule has 4 unspecified atom stereocenters. The molecule has 2 saturated heterocycles. The summed E-state index contributed by atoms with van der Waals surface area (Å²) in [5.74, 6) is 1.34. The highest BCUT2D eigenvalue weighted by Gasteiger charge is 2.36. The van der Waals surface area contributed by atoms with Crippen LogP contribution in [0, 0.1) is 0 Å². The number of likely N-dealkylation sites (tertiary alicyclic amines) is 1. The molecule has 4 atom stereocenters. The number of thioether (sulfide) groups is 1. The maximum Gasteiger partial charge on any atom is 0.0247 e. The Hall–Kier alpha value is 0.270. The summed E-state index contributed by atoms with van der Waals surface area (Å²) in [5.41, 5.74) is 6.12. The molecular weight excluding hydrogens is 204 g/mol. The number of nitrogens with zero attached hydrogens (tertiary/aromatic N) is 1. The van der Waals surface area contributed by atoms with Crippen molar-refractivity contribution in [2.24, 2.45) is 5.73 Å². The summed E-state index contributed by atoms with van der Waals surface area (Å²) in [6.07, 6.45) is 5.43. The minimum Gasteiger partial charge on any atom is -0.327 e. The van der Waals surface area contributed by atoms with Crippen LogP contribution in [0.25, 0.3) is 0 Å². The van der Waals surface area contributed by atoms with Gasteiger partial charge in [0.05, 0.1) is 0 Å². The molecule has 0 saturated carbocycles. The van der Waals surface area contributed by atoms with Gasteiger partial charge in [-0.15, -0.1) is 0 Å². The van der Waals surface area contributed by atoms with Crippen molar-refractivity contribution in [1.29, 1.82) is 0 Å². The third-order valence-electron chi connectivity index (χ3n) is 3.96. The first-order valence-corrected chi connectivity index (χ1v) is 7.38. The quantitative estimate of drug-likeness (QED) is 0.784. The molecule has 0 aliphatic carbocycles. The van der Waals surface area contributed by atoms with Gasteiger partial charge in [0.15, 0.2) is 0 Å². The second kappa shape index (κ2) is 5.07. The summed E-state index contributed by atoms with van der Waals surface area (Å²) in [5, 5.41) is 0.810. The van der Waals surface area contributed by atoms with E-state index in [0.29, 0.717) is 12.1 Å². The van der Waals surface area contributed by atoms with Crippen LogP contribution in [0.15, 0.2) is 0 Å². The Morgan fingerprint density at radius 2 is 2.13 bits per heavy atom. The van der Waals surface area contributed by atoms with Crippen LogP contribution in [0.4, 0.5) is 0 Å². The Bertz CT molecular complexity index is 206. The van der Waals surface area contributed by atoms with Gasteiger partial charge in [-0.3, -0.25) is 4.90 Å². The number of piperidine rings is 1. The molecule has 0 aromatic carbocycles. The lowest BCUT2D eigenvalue weighted by atomic mass is 9.93. The van der Waals surface area contributed by atoms with Gasteiger partial charge >= 0.3 is 0 Å². The smallest absolute Gasteiger partial charge is 0.0247 e. The number of hydrogen-bond donors (Lipinski definition) is 1. The number of nitrogens with two attached hydrogens (primary N) is 1. The minimum absolute atomic E-state index is 0.336. The molecule has 0 aromatic heterocycles. The normalized spacial score (nSPS) is 40.6. The maximum atomic E-state index is 6.12. The summed E-state index contributed by atoms with van der Waals surface area (Å²) in [7, 11) is 0. The molecule has 0 aromatic rings. The highest BCUT2D eigenvalue weighted by Crippen LogP contribution is 2.34. The van der Waals surface area contributed by atoms with Crippen molar-refractivity contribution in [2.45, 2.75) is 62.9 Å². The predicted octanol–water partition coefficient (Wildman–Crippen LogP) is 2.08. The fraction of sp³-hybridized carbons (Fsp3) is 1.00. The third kappa shape index (κ3) is 2.51. The lowest BCUT2D eigenvalue weighted by molar-refractivity contribution is 0.0829. The highest BCUT2D eigenvalue weighted by atomic mass is 32.2. The fourth-order valence-electron chi connectivity index (χ4n) is 3.11. The van der Waals surface area contributed by atoms with E-state index in [1.165, 1.54) is 38.0 Å². The van der Waals surface area contributed by atoms with Crippen LogP contribution in [-0.2, 0) is 0 Å². The Morgan fingerprint density at radius 3 is 2.73 bits per heavy atom. The van der Waals surface area contributed by atoms with Crippen LogP contribution in [0.3, 0.4) is 0 Å². The summed E-state index contributed by atoms with van der Waals surface area (Å²) >= 11 is 2.13. The monoisotopic (exact) mass is 228 g/mol. The van der Waals surface area contributed by atoms with Crippen molar-refractivity contribution in [3.8, 4) is 0 Å². The standard InChI is InChI=1S/C12H24N2S/c1-9(13)11-5-3-4-7-14(11)12-6-8-15-10(12)2/h9-12H,3-8,13H2,1-2H3. The molecule has 0 radical (unpaired) electrons. The Balaban J connectivity index is 2.03. The van der Waals surface area contributed by atoms with Gasteiger partial charge in [-0.05, 0) is 38.5 Å². The highest BCUT2D eigenvalue weighted by molar-refractivity contribution is 8.00. The second-order valence-electron chi connectivity index (χ2n) is 5.09. The third-order valence-corrected chi connectivity index (χ3v) is 5.27. The molecule has 3 heteroatoms. The predicted molar refractivity (Wildman–Crippen MR) is 68.3 cm³/mol. The van der Waals surface area contributed by atoms with E-state index in [9.17, 15) is 0 Å². The molecule has 2 rings (SSSR count). The maximum absolute atomic E-state index is 6.12. The molecule has 2 heterocycles. The zero-order chi connectivity index (χ0) is 10.8. The van der Waals surface area contributed by atoms with E-state index in [2.05, 4.69) is 30.5 Å². The van der Waals surface area contributed by atoms with E-state index >= 15 is 0 Å². The van der Waals surface area contributed by atoms with Gasteiger partial charge in [0.25, 0.3) is 0 Å². The van der Waals surface area contributed by atoms with Crippen molar-refractivity contribution >= 4 is 11.8 Å². The fourth-order valence-corrected chi connectivity index (χ4v) is 4.38. The molecular formula is C12H24N2S. The van der Waals surface area contributed by atoms with Crippen LogP contribution in [-0.4, -0.2) is 40.6 Å². The molecule has 0 amide bonds. The van der Waals surface area contributed by atoms with Crippen molar-refractivity contribution in [3.05, 3.63) is 0 Å². The van der Waals surface area contributed by atoms with E-state index in [1.54, 1.807) is 0 Å². The Labute approximate surface area is 98.0 Å². The first-order valence-electron chi connectivity index (χ1n) is 6.33. The first-order chi connectivity index (χ1) is 7.20. The average molecular weight is 228 g/mol. The SMILES string of the molecule is CC(N)C1CCCCN1C1CCSC1C. The Kier molecular flexibility index (Phi) is 3.97. The van der Waals surface area contributed by atoms with E-state index in [4.69, 9.17) is 5.73 Å². The summed E-state index contributed by atoms with van der Waals surface area (Å²) in [6.45, 7) is 5.84. The summed E-state index contributed by atoms with van der Waals surface area (Å²) < 4.78 is 0. The lowest BCUT2D eigenvalue weighted by Crippen LogP contribution is -2.54. The first kappa shape index (κ1) is 11.7. The van der Waals surface area contributed by atoms with Crippen LogP contribution >= 0.6 is 11.8 Å². The van der Waals surface area contributed by atoms with Crippen LogP contribution < -0.4 is 5.73 Å². The minimum atomic E-state index is 0.336. The van der Waals surface area contributed by atoms with E-state index in [1.807, 2.05) is 0 Å². The molecule has 2 N–H and O–H groups in total. The average Bonchev–Trinajstić information content (AvgIpc) is 2.64. The van der Waals surface area contributed by atoms with Crippen molar-refractivity contribution < 1.29 is 0 Å². The van der Waals surface area contributed by atoms with Crippen molar-refractivity contribution in [1.82, 2.24) is 4.90 Å². The summed E-state index contributed by atoms with van der Waals surface area (Å²) in [6, 6.07) is 1.78. The van der Waals surface area contributed by atoms with Gasteiger partial charge in [-0.1, -0.05) is 13.3 Å². The van der Waals surface area contributed by atoms with E-state index < -0.39 is 0 Å². The van der Waals surface area contributed by atoms with Crippen molar-refractivity contribution in [2.75, 3.05) is 12.3 Å². The molecule has 2 aliphatic rings. The number of hydrogen-bond acceptors (Lipinski definition) is 3. The zero-order valence-electron chi connectivity index (χ0n) is 9.98. The van der Waals surface area contributed by atoms with E-state index in [0.717, 1.165) is 11.3 Å². The summed E-state index contributed by atoms with van der Waals surface area (Å²) in [4.78, 5) is 2.72. The van der Waals surface area contributed by atoms with Crippen LogP contribution in [0.1, 0.15) is 39.5 Å².